The van der Waals surface area contributed by atoms with E-state index < -0.39 is 11.8 Å². The largest absolute Gasteiger partial charge is 0.365 e. The van der Waals surface area contributed by atoms with Crippen LogP contribution in [0.1, 0.15) is 24.0 Å². The molecule has 5 rings (SSSR count). The van der Waals surface area contributed by atoms with Gasteiger partial charge in [0.1, 0.15) is 0 Å². The molecule has 1 aliphatic carbocycles. The first-order valence-corrected chi connectivity index (χ1v) is 11.1. The van der Waals surface area contributed by atoms with E-state index in [4.69, 9.17) is 23.2 Å². The highest BCUT2D eigenvalue weighted by Crippen LogP contribution is 2.52. The van der Waals surface area contributed by atoms with Crippen molar-refractivity contribution >= 4 is 40.6 Å². The van der Waals surface area contributed by atoms with Crippen LogP contribution in [0.15, 0.2) is 72.8 Å². The number of urea groups is 1. The van der Waals surface area contributed by atoms with Crippen molar-refractivity contribution in [2.75, 3.05) is 9.80 Å². The van der Waals surface area contributed by atoms with Crippen LogP contribution in [0, 0.1) is 17.2 Å². The fraction of sp³-hybridized carbons (Fsp3) is 0.200. The summed E-state index contributed by atoms with van der Waals surface area (Å²) in [6, 6.07) is 21.9. The fourth-order valence-electron chi connectivity index (χ4n) is 4.52. The number of carbonyl (C=O) groups is 1. The van der Waals surface area contributed by atoms with E-state index in [0.29, 0.717) is 32.5 Å². The summed E-state index contributed by atoms with van der Waals surface area (Å²) in [5.74, 6) is 0.114. The molecule has 5 nitrogen and oxygen atoms in total. The Morgan fingerprint density at radius 1 is 0.938 bits per heavy atom. The van der Waals surface area contributed by atoms with E-state index in [2.05, 4.69) is 6.07 Å². The Balaban J connectivity index is 1.74. The molecule has 1 heterocycles. The van der Waals surface area contributed by atoms with Gasteiger partial charge < -0.3 is 5.11 Å². The summed E-state index contributed by atoms with van der Waals surface area (Å²) in [4.78, 5) is 17.0. The number of benzene rings is 3. The third-order valence-corrected chi connectivity index (χ3v) is 6.61. The summed E-state index contributed by atoms with van der Waals surface area (Å²) in [5, 5.41) is 22.9. The van der Waals surface area contributed by atoms with Crippen LogP contribution in [0.3, 0.4) is 0 Å². The number of nitrogens with zero attached hydrogens (tertiary/aromatic N) is 3. The lowest BCUT2D eigenvalue weighted by molar-refractivity contribution is 0.0251. The molecular formula is C25H19Cl2N3O2. The molecule has 3 aromatic carbocycles. The molecule has 160 valence electrons. The molecule has 2 atom stereocenters. The maximum absolute atomic E-state index is 13.9. The van der Waals surface area contributed by atoms with Crippen molar-refractivity contribution in [3.8, 4) is 6.07 Å². The van der Waals surface area contributed by atoms with Gasteiger partial charge in [-0.3, -0.25) is 9.80 Å². The number of hydrogen-bond donors (Lipinski definition) is 1. The molecule has 1 N–H and O–H groups in total. The minimum Gasteiger partial charge on any atom is -0.365 e. The van der Waals surface area contributed by atoms with Crippen molar-refractivity contribution in [3.63, 3.8) is 0 Å². The van der Waals surface area contributed by atoms with E-state index in [0.717, 1.165) is 12.8 Å². The molecule has 3 aromatic rings. The zero-order valence-corrected chi connectivity index (χ0v) is 18.5. The van der Waals surface area contributed by atoms with Gasteiger partial charge in [0.25, 0.3) is 0 Å². The monoisotopic (exact) mass is 463 g/mol. The molecule has 1 saturated carbocycles. The van der Waals surface area contributed by atoms with E-state index in [9.17, 15) is 15.2 Å². The zero-order valence-electron chi connectivity index (χ0n) is 17.0. The second-order valence-corrected chi connectivity index (χ2v) is 9.01. The summed E-state index contributed by atoms with van der Waals surface area (Å²) in [6.07, 6.45) is 1.80. The Hall–Kier alpha value is -3.04. The molecule has 2 fully saturated rings. The van der Waals surface area contributed by atoms with Gasteiger partial charge in [-0.2, -0.15) is 5.26 Å². The lowest BCUT2D eigenvalue weighted by atomic mass is 9.89. The Labute approximate surface area is 196 Å². The first-order valence-electron chi connectivity index (χ1n) is 10.3. The van der Waals surface area contributed by atoms with Crippen LogP contribution in [0.5, 0.6) is 0 Å². The molecule has 0 bridgehead atoms. The predicted molar refractivity (Wildman–Crippen MR) is 125 cm³/mol. The lowest BCUT2D eigenvalue weighted by Gasteiger charge is -2.37. The molecule has 0 radical (unpaired) electrons. The molecule has 0 aromatic heterocycles. The van der Waals surface area contributed by atoms with Crippen LogP contribution < -0.4 is 9.80 Å². The normalized spacial score (nSPS) is 22.8. The van der Waals surface area contributed by atoms with Gasteiger partial charge in [-0.1, -0.05) is 35.3 Å². The van der Waals surface area contributed by atoms with Gasteiger partial charge in [0.15, 0.2) is 5.72 Å². The van der Waals surface area contributed by atoms with Crippen molar-refractivity contribution in [2.45, 2.75) is 24.6 Å². The highest BCUT2D eigenvalue weighted by Gasteiger charge is 2.62. The van der Waals surface area contributed by atoms with Crippen LogP contribution in [0.25, 0.3) is 0 Å². The van der Waals surface area contributed by atoms with Crippen LogP contribution >= 0.6 is 23.2 Å². The summed E-state index contributed by atoms with van der Waals surface area (Å²) < 4.78 is 0. The van der Waals surface area contributed by atoms with Gasteiger partial charge in [0.2, 0.25) is 0 Å². The molecule has 2 amide bonds. The van der Waals surface area contributed by atoms with Gasteiger partial charge in [0, 0.05) is 27.0 Å². The third kappa shape index (κ3) is 3.32. The molecular weight excluding hydrogens is 445 g/mol. The van der Waals surface area contributed by atoms with Crippen molar-refractivity contribution in [3.05, 3.63) is 94.0 Å². The Morgan fingerprint density at radius 2 is 1.53 bits per heavy atom. The quantitative estimate of drug-likeness (QED) is 0.520. The number of rotatable bonds is 4. The first kappa shape index (κ1) is 20.8. The molecule has 1 saturated heterocycles. The predicted octanol–water partition coefficient (Wildman–Crippen LogP) is 5.94. The maximum Gasteiger partial charge on any atom is 0.332 e. The first-order chi connectivity index (χ1) is 15.4. The van der Waals surface area contributed by atoms with Gasteiger partial charge >= 0.3 is 6.03 Å². The number of carbonyl (C=O) groups excluding carboxylic acids is 1. The van der Waals surface area contributed by atoms with E-state index in [1.165, 1.54) is 4.90 Å². The van der Waals surface area contributed by atoms with Crippen molar-refractivity contribution in [2.24, 2.45) is 5.92 Å². The molecule has 7 heteroatoms. The van der Waals surface area contributed by atoms with Gasteiger partial charge in [-0.15, -0.1) is 0 Å². The molecule has 1 aliphatic heterocycles. The molecule has 2 aliphatic rings. The van der Waals surface area contributed by atoms with Crippen LogP contribution in [0.2, 0.25) is 10.0 Å². The topological polar surface area (TPSA) is 67.6 Å². The van der Waals surface area contributed by atoms with Crippen molar-refractivity contribution in [1.29, 1.82) is 5.26 Å². The average molecular weight is 464 g/mol. The van der Waals surface area contributed by atoms with Crippen LogP contribution in [-0.4, -0.2) is 17.2 Å². The minimum absolute atomic E-state index is 0.114. The van der Waals surface area contributed by atoms with Crippen LogP contribution in [0.4, 0.5) is 16.2 Å². The summed E-state index contributed by atoms with van der Waals surface area (Å²) in [5.41, 5.74) is 0.402. The molecule has 1 unspecified atom stereocenters. The minimum atomic E-state index is -1.68. The average Bonchev–Trinajstić information content (AvgIpc) is 3.61. The number of hydrogen-bond acceptors (Lipinski definition) is 3. The van der Waals surface area contributed by atoms with E-state index in [-0.39, 0.29) is 11.9 Å². The maximum atomic E-state index is 13.9. The van der Waals surface area contributed by atoms with Gasteiger partial charge in [0.05, 0.1) is 17.7 Å². The number of anilines is 2. The van der Waals surface area contributed by atoms with E-state index in [1.807, 2.05) is 0 Å². The van der Waals surface area contributed by atoms with E-state index >= 15 is 0 Å². The third-order valence-electron chi connectivity index (χ3n) is 6.10. The Morgan fingerprint density at radius 3 is 2.09 bits per heavy atom. The Kier molecular flexibility index (Phi) is 5.10. The fourth-order valence-corrected chi connectivity index (χ4v) is 4.78. The second-order valence-electron chi connectivity index (χ2n) is 8.14. The van der Waals surface area contributed by atoms with Gasteiger partial charge in [-0.25, -0.2) is 4.79 Å². The standard InChI is InChI=1S/C25H19Cl2N3O2/c26-19-6-10-21(11-7-19)29-23(17-4-5-17)25(32,18-3-1-2-16(14-18)15-28)30(24(29)31)22-12-8-20(27)9-13-22/h1-3,6-14,17,23,32H,4-5H2/t23-,25?/m1/s1. The number of nitriles is 1. The second kappa shape index (κ2) is 7.83. The van der Waals surface area contributed by atoms with E-state index in [1.54, 1.807) is 77.7 Å². The smallest absolute Gasteiger partial charge is 0.332 e. The molecule has 32 heavy (non-hydrogen) atoms. The summed E-state index contributed by atoms with van der Waals surface area (Å²) in [7, 11) is 0. The highest BCUT2D eigenvalue weighted by molar-refractivity contribution is 6.31. The summed E-state index contributed by atoms with van der Waals surface area (Å²) >= 11 is 12.2. The van der Waals surface area contributed by atoms with Gasteiger partial charge in [-0.05, 0) is 79.4 Å². The molecule has 0 spiro atoms. The number of aliphatic hydroxyl groups is 1. The lowest BCUT2D eigenvalue weighted by Crippen LogP contribution is -2.50. The summed E-state index contributed by atoms with van der Waals surface area (Å²) in [6.45, 7) is 0. The SMILES string of the molecule is N#Cc1cccc(C2(O)[C@@H](C3CC3)N(c3ccc(Cl)cc3)C(=O)N2c2ccc(Cl)cc2)c1. The van der Waals surface area contributed by atoms with Crippen molar-refractivity contribution < 1.29 is 9.90 Å². The Bertz CT molecular complexity index is 1220. The number of halogens is 2. The number of amides is 2. The zero-order chi connectivity index (χ0) is 22.5. The van der Waals surface area contributed by atoms with Crippen molar-refractivity contribution in [1.82, 2.24) is 0 Å². The van der Waals surface area contributed by atoms with Crippen LogP contribution in [-0.2, 0) is 5.72 Å². The highest BCUT2D eigenvalue weighted by atomic mass is 35.5.